The van der Waals surface area contributed by atoms with E-state index in [1.807, 2.05) is 0 Å². The highest BCUT2D eigenvalue weighted by atomic mass is 32.2. The van der Waals surface area contributed by atoms with Crippen LogP contribution >= 0.6 is 0 Å². The molecule has 1 saturated heterocycles. The zero-order chi connectivity index (χ0) is 3.70. The molecule has 1 aliphatic heterocycles. The van der Waals surface area contributed by atoms with E-state index in [4.69, 9.17) is 0 Å². The topological polar surface area (TPSA) is 35.5 Å². The first-order valence-electron chi connectivity index (χ1n) is 1.08. The normalized spacial score (nSPS) is 25.6. The molecule has 1 fully saturated rings. The first-order valence-corrected chi connectivity index (χ1v) is 2.08. The summed E-state index contributed by atoms with van der Waals surface area (Å²) < 4.78 is 17.9. The molecule has 5 heavy (non-hydrogen) atoms. The molecular weight excluding hydrogens is 92.1 g/mol. The van der Waals surface area contributed by atoms with Crippen molar-refractivity contribution in [1.82, 2.24) is 0 Å². The van der Waals surface area contributed by atoms with Crippen molar-refractivity contribution >= 4 is 11.4 Å². The third-order valence-corrected chi connectivity index (χ3v) is 0.866. The van der Waals surface area contributed by atoms with Gasteiger partial charge in [0.15, 0.2) is 6.79 Å². The molecule has 0 aromatic carbocycles. The summed E-state index contributed by atoms with van der Waals surface area (Å²) in [7, 11) is 0. The van der Waals surface area contributed by atoms with Gasteiger partial charge in [-0.15, -0.1) is 0 Å². The van der Waals surface area contributed by atoms with Gasteiger partial charge in [-0.05, 0) is 0 Å². The number of hydrogen-bond donors (Lipinski definition) is 0. The van der Waals surface area contributed by atoms with Crippen LogP contribution in [0.25, 0.3) is 0 Å². The van der Waals surface area contributed by atoms with Gasteiger partial charge >= 0.3 is 11.4 Å². The Morgan fingerprint density at radius 3 is 2.00 bits per heavy atom. The van der Waals surface area contributed by atoms with Gasteiger partial charge in [0.1, 0.15) is 0 Å². The molecule has 0 aromatic heterocycles. The molecule has 1 aliphatic rings. The molecule has 0 aliphatic carbocycles. The fourth-order valence-electron chi connectivity index (χ4n) is 0.0874. The maximum atomic E-state index is 9.57. The standard InChI is InChI=1S/CH2O3S/c2-5-3-1-4-5/h1H2. The van der Waals surface area contributed by atoms with Gasteiger partial charge in [0.2, 0.25) is 0 Å². The van der Waals surface area contributed by atoms with E-state index in [-0.39, 0.29) is 6.79 Å². The van der Waals surface area contributed by atoms with Crippen molar-refractivity contribution in [1.29, 1.82) is 0 Å². The van der Waals surface area contributed by atoms with Crippen LogP contribution in [0.1, 0.15) is 0 Å². The molecule has 0 saturated carbocycles. The van der Waals surface area contributed by atoms with E-state index in [2.05, 4.69) is 8.37 Å². The minimum Gasteiger partial charge on any atom is -0.238 e. The molecule has 1 rings (SSSR count). The van der Waals surface area contributed by atoms with Crippen LogP contribution < -0.4 is 0 Å². The summed E-state index contributed by atoms with van der Waals surface area (Å²) in [6.07, 6.45) is 0. The summed E-state index contributed by atoms with van der Waals surface area (Å²) in [5.74, 6) is 0. The van der Waals surface area contributed by atoms with Crippen LogP contribution in [0, 0.1) is 0 Å². The quantitative estimate of drug-likeness (QED) is 0.408. The van der Waals surface area contributed by atoms with Crippen LogP contribution in [-0.2, 0) is 19.7 Å². The highest BCUT2D eigenvalue weighted by molar-refractivity contribution is 7.76. The lowest BCUT2D eigenvalue weighted by Gasteiger charge is -2.07. The van der Waals surface area contributed by atoms with Crippen LogP contribution in [0.5, 0.6) is 0 Å². The van der Waals surface area contributed by atoms with Crippen molar-refractivity contribution < 1.29 is 12.6 Å². The molecule has 0 N–H and O–H groups in total. The Morgan fingerprint density at radius 2 is 2.00 bits per heavy atom. The summed E-state index contributed by atoms with van der Waals surface area (Å²) in [6, 6.07) is 0. The predicted molar refractivity (Wildman–Crippen MR) is 15.2 cm³/mol. The van der Waals surface area contributed by atoms with E-state index in [0.29, 0.717) is 0 Å². The van der Waals surface area contributed by atoms with Gasteiger partial charge in [0, 0.05) is 0 Å². The van der Waals surface area contributed by atoms with Gasteiger partial charge in [-0.25, -0.2) is 8.37 Å². The zero-order valence-corrected chi connectivity index (χ0v) is 3.16. The van der Waals surface area contributed by atoms with Gasteiger partial charge < -0.3 is 0 Å². The minimum absolute atomic E-state index is 0.187. The van der Waals surface area contributed by atoms with Gasteiger partial charge in [0.25, 0.3) is 0 Å². The fraction of sp³-hybridized carbons (Fsp3) is 1.00. The molecule has 0 amide bonds. The molecule has 3 nitrogen and oxygen atoms in total. The number of hydrogen-bond acceptors (Lipinski definition) is 3. The third kappa shape index (κ3) is 0.473. The van der Waals surface area contributed by atoms with Crippen molar-refractivity contribution in [3.8, 4) is 0 Å². The van der Waals surface area contributed by atoms with Gasteiger partial charge in [-0.2, -0.15) is 4.21 Å². The van der Waals surface area contributed by atoms with E-state index >= 15 is 0 Å². The lowest BCUT2D eigenvalue weighted by atomic mass is 11.6. The van der Waals surface area contributed by atoms with Crippen molar-refractivity contribution in [3.63, 3.8) is 0 Å². The van der Waals surface area contributed by atoms with Crippen molar-refractivity contribution in [3.05, 3.63) is 0 Å². The van der Waals surface area contributed by atoms with E-state index in [0.717, 1.165) is 0 Å². The van der Waals surface area contributed by atoms with Crippen LogP contribution in [0.3, 0.4) is 0 Å². The fourth-order valence-corrected chi connectivity index (χ4v) is 0.262. The number of rotatable bonds is 0. The van der Waals surface area contributed by atoms with Gasteiger partial charge in [-0.3, -0.25) is 0 Å². The summed E-state index contributed by atoms with van der Waals surface area (Å²) in [5, 5.41) is 0. The van der Waals surface area contributed by atoms with Crippen molar-refractivity contribution in [2.75, 3.05) is 6.79 Å². The average Bonchev–Trinajstić information content (AvgIpc) is 1.30. The second kappa shape index (κ2) is 1.04. The lowest BCUT2D eigenvalue weighted by molar-refractivity contribution is 0.0463. The molecule has 1 heterocycles. The van der Waals surface area contributed by atoms with Crippen molar-refractivity contribution in [2.24, 2.45) is 0 Å². The van der Waals surface area contributed by atoms with E-state index in [1.165, 1.54) is 0 Å². The molecule has 0 atom stereocenters. The summed E-state index contributed by atoms with van der Waals surface area (Å²) in [5.41, 5.74) is 0. The molecule has 4 heteroatoms. The maximum absolute atomic E-state index is 9.57. The smallest absolute Gasteiger partial charge is 0.238 e. The third-order valence-electron chi connectivity index (χ3n) is 0.289. The zero-order valence-electron chi connectivity index (χ0n) is 2.34. The highest BCUT2D eigenvalue weighted by Crippen LogP contribution is 1.98. The SMILES string of the molecule is O=S1OCO1. The van der Waals surface area contributed by atoms with E-state index in [1.54, 1.807) is 0 Å². The van der Waals surface area contributed by atoms with E-state index < -0.39 is 11.4 Å². The lowest BCUT2D eigenvalue weighted by Crippen LogP contribution is -2.16. The van der Waals surface area contributed by atoms with Crippen LogP contribution in [0.2, 0.25) is 0 Å². The van der Waals surface area contributed by atoms with Crippen LogP contribution in [-0.4, -0.2) is 11.0 Å². The summed E-state index contributed by atoms with van der Waals surface area (Å²) in [6.45, 7) is 0.187. The molecular formula is CH2O3S. The molecule has 0 radical (unpaired) electrons. The van der Waals surface area contributed by atoms with Gasteiger partial charge in [0.05, 0.1) is 0 Å². The minimum atomic E-state index is -1.39. The van der Waals surface area contributed by atoms with Gasteiger partial charge in [-0.1, -0.05) is 0 Å². The summed E-state index contributed by atoms with van der Waals surface area (Å²) in [4.78, 5) is 0. The Balaban J connectivity index is 2.32. The Hall–Kier alpha value is 0.0700. The first-order chi connectivity index (χ1) is 2.39. The Kier molecular flexibility index (Phi) is 0.680. The van der Waals surface area contributed by atoms with E-state index in [9.17, 15) is 4.21 Å². The van der Waals surface area contributed by atoms with Crippen molar-refractivity contribution in [2.45, 2.75) is 0 Å². The Labute approximate surface area is 31.8 Å². The molecule has 0 aromatic rings. The monoisotopic (exact) mass is 94.0 g/mol. The second-order valence-corrected chi connectivity index (χ2v) is 1.44. The molecule has 0 spiro atoms. The Bertz CT molecular complexity index is 53.9. The molecule has 0 unspecified atom stereocenters. The summed E-state index contributed by atoms with van der Waals surface area (Å²) >= 11 is -1.39. The largest absolute Gasteiger partial charge is 0.309 e. The predicted octanol–water partition coefficient (Wildman–Crippen LogP) is -0.431. The highest BCUT2D eigenvalue weighted by Gasteiger charge is 2.09. The molecule has 30 valence electrons. The average molecular weight is 94.1 g/mol. The van der Waals surface area contributed by atoms with Crippen LogP contribution in [0.4, 0.5) is 0 Å². The first kappa shape index (κ1) is 3.27. The second-order valence-electron chi connectivity index (χ2n) is 0.558. The maximum Gasteiger partial charge on any atom is 0.309 e. The Morgan fingerprint density at radius 1 is 1.60 bits per heavy atom. The van der Waals surface area contributed by atoms with Crippen LogP contribution in [0.15, 0.2) is 0 Å². The molecule has 0 bridgehead atoms.